The summed E-state index contributed by atoms with van der Waals surface area (Å²) in [6, 6.07) is 4.48. The number of ether oxygens (including phenoxy) is 3. The van der Waals surface area contributed by atoms with Gasteiger partial charge in [0.15, 0.2) is 0 Å². The number of aromatic nitrogens is 3. The maximum atomic E-state index is 13.1. The van der Waals surface area contributed by atoms with Crippen molar-refractivity contribution in [1.82, 2.24) is 24.8 Å². The van der Waals surface area contributed by atoms with Crippen molar-refractivity contribution in [2.24, 2.45) is 5.92 Å². The van der Waals surface area contributed by atoms with E-state index >= 15 is 0 Å². The third-order valence-corrected chi connectivity index (χ3v) is 6.59. The van der Waals surface area contributed by atoms with Crippen molar-refractivity contribution < 1.29 is 28.9 Å². The Morgan fingerprint density at radius 1 is 1.35 bits per heavy atom. The van der Waals surface area contributed by atoms with E-state index in [9.17, 15) is 14.7 Å². The molecule has 2 heterocycles. The molecule has 12 heteroatoms. The summed E-state index contributed by atoms with van der Waals surface area (Å²) in [6.07, 6.45) is 2.20. The zero-order chi connectivity index (χ0) is 26.9. The van der Waals surface area contributed by atoms with Crippen molar-refractivity contribution in [2.75, 3.05) is 46.3 Å². The normalized spacial score (nSPS) is 19.7. The molecule has 1 aromatic carbocycles. The average Bonchev–Trinajstić information content (AvgIpc) is 3.35. The number of benzene rings is 1. The number of aryl methyl sites for hydroxylation is 1. The van der Waals surface area contributed by atoms with E-state index in [-0.39, 0.29) is 43.7 Å². The fraction of sp³-hybridized carbons (Fsp3) is 0.600. The first kappa shape index (κ1) is 28.2. The monoisotopic (exact) mass is 518 g/mol. The van der Waals surface area contributed by atoms with Crippen LogP contribution in [0, 0.1) is 5.92 Å². The van der Waals surface area contributed by atoms with E-state index in [1.807, 2.05) is 13.8 Å². The first-order chi connectivity index (χ1) is 17.8. The van der Waals surface area contributed by atoms with Crippen LogP contribution < -0.4 is 14.8 Å². The van der Waals surface area contributed by atoms with E-state index in [0.29, 0.717) is 43.1 Å². The summed E-state index contributed by atoms with van der Waals surface area (Å²) in [7, 11) is 4.76. The summed E-state index contributed by atoms with van der Waals surface area (Å²) in [5.74, 6) is 0.924. The predicted octanol–water partition coefficient (Wildman–Crippen LogP) is 1.98. The Morgan fingerprint density at radius 2 is 2.14 bits per heavy atom. The van der Waals surface area contributed by atoms with Crippen molar-refractivity contribution >= 4 is 17.6 Å². The van der Waals surface area contributed by atoms with Crippen molar-refractivity contribution in [3.8, 4) is 11.5 Å². The van der Waals surface area contributed by atoms with Gasteiger partial charge in [-0.2, -0.15) is 0 Å². The lowest BCUT2D eigenvalue weighted by Gasteiger charge is -2.35. The number of hydrogen-bond acceptors (Lipinski definition) is 8. The minimum absolute atomic E-state index is 0.0351. The molecule has 0 fully saturated rings. The Hall–Kier alpha value is -3.38. The largest absolute Gasteiger partial charge is 0.497 e. The van der Waals surface area contributed by atoms with Gasteiger partial charge in [0.2, 0.25) is 5.91 Å². The van der Waals surface area contributed by atoms with Crippen molar-refractivity contribution in [3.63, 3.8) is 0 Å². The number of rotatable bonds is 7. The number of fused-ring (bicyclic) bond motifs is 1. The number of aliphatic hydroxyl groups is 1. The number of aliphatic hydroxyl groups excluding tert-OH is 1. The van der Waals surface area contributed by atoms with Gasteiger partial charge in [-0.3, -0.25) is 4.79 Å². The van der Waals surface area contributed by atoms with Crippen LogP contribution in [0.5, 0.6) is 11.5 Å². The van der Waals surface area contributed by atoms with Gasteiger partial charge in [0, 0.05) is 45.1 Å². The molecule has 0 radical (unpaired) electrons. The van der Waals surface area contributed by atoms with Crippen LogP contribution >= 0.6 is 0 Å². The molecular weight excluding hydrogens is 480 g/mol. The van der Waals surface area contributed by atoms with Gasteiger partial charge >= 0.3 is 6.03 Å². The molecule has 2 N–H and O–H groups in total. The number of hydrogen-bond donors (Lipinski definition) is 2. The quantitative estimate of drug-likeness (QED) is 0.569. The van der Waals surface area contributed by atoms with E-state index in [1.54, 1.807) is 48.1 Å². The Kier molecular flexibility index (Phi) is 10.1. The summed E-state index contributed by atoms with van der Waals surface area (Å²) in [6.45, 7) is 5.14. The highest BCUT2D eigenvalue weighted by Crippen LogP contribution is 2.29. The number of nitrogens with zero attached hydrogens (tertiary/aromatic N) is 5. The van der Waals surface area contributed by atoms with Crippen LogP contribution in [0.15, 0.2) is 24.4 Å². The molecule has 1 aliphatic rings. The number of anilines is 1. The van der Waals surface area contributed by atoms with E-state index in [0.717, 1.165) is 5.69 Å². The van der Waals surface area contributed by atoms with Gasteiger partial charge in [0.1, 0.15) is 11.5 Å². The lowest BCUT2D eigenvalue weighted by atomic mass is 10.0. The highest BCUT2D eigenvalue weighted by molar-refractivity contribution is 5.91. The summed E-state index contributed by atoms with van der Waals surface area (Å²) >= 11 is 0. The smallest absolute Gasteiger partial charge is 0.321 e. The Bertz CT molecular complexity index is 1050. The Labute approximate surface area is 217 Å². The molecule has 2 aromatic rings. The second-order valence-electron chi connectivity index (χ2n) is 9.33. The second kappa shape index (κ2) is 13.2. The molecule has 0 saturated heterocycles. The second-order valence-corrected chi connectivity index (χ2v) is 9.33. The molecule has 0 saturated carbocycles. The van der Waals surface area contributed by atoms with Crippen LogP contribution in [-0.4, -0.2) is 94.9 Å². The zero-order valence-corrected chi connectivity index (χ0v) is 22.2. The number of nitrogens with one attached hydrogen (secondary N) is 1. The molecule has 3 rings (SSSR count). The maximum Gasteiger partial charge on any atom is 0.321 e. The number of likely N-dealkylation sites (N-methyl/N-ethyl adjacent to an activating group) is 1. The van der Waals surface area contributed by atoms with Gasteiger partial charge in [-0.15, -0.1) is 5.10 Å². The molecule has 1 aromatic heterocycles. The van der Waals surface area contributed by atoms with Crippen molar-refractivity contribution in [2.45, 2.75) is 52.0 Å². The highest BCUT2D eigenvalue weighted by Gasteiger charge is 2.29. The number of carbonyl (C=O) groups excluding carboxylic acids is 2. The van der Waals surface area contributed by atoms with Crippen LogP contribution in [0.4, 0.5) is 10.5 Å². The zero-order valence-electron chi connectivity index (χ0n) is 22.2. The minimum Gasteiger partial charge on any atom is -0.497 e. The molecule has 3 atom stereocenters. The van der Waals surface area contributed by atoms with Crippen LogP contribution in [0.1, 0.15) is 32.4 Å². The molecule has 37 heavy (non-hydrogen) atoms. The van der Waals surface area contributed by atoms with Gasteiger partial charge in [-0.05, 0) is 25.5 Å². The summed E-state index contributed by atoms with van der Waals surface area (Å²) in [5.41, 5.74) is 1.32. The topological polar surface area (TPSA) is 131 Å². The lowest BCUT2D eigenvalue weighted by Crippen LogP contribution is -2.48. The molecule has 204 valence electrons. The third kappa shape index (κ3) is 7.32. The minimum atomic E-state index is -0.405. The van der Waals surface area contributed by atoms with Crippen LogP contribution in [-0.2, 0) is 22.7 Å². The van der Waals surface area contributed by atoms with Crippen LogP contribution in [0.25, 0.3) is 0 Å². The van der Waals surface area contributed by atoms with Gasteiger partial charge in [0.25, 0.3) is 0 Å². The lowest BCUT2D eigenvalue weighted by molar-refractivity contribution is -0.136. The SMILES string of the molecule is COc1ccc(NC(=O)N(C)C[C@H]2OCc3cnnn3CCCC(=O)N([C@@H](C)CO)C[C@H]2C)c(OC)c1. The van der Waals surface area contributed by atoms with Crippen LogP contribution in [0.2, 0.25) is 0 Å². The Balaban J connectivity index is 1.78. The molecule has 12 nitrogen and oxygen atoms in total. The molecule has 0 unspecified atom stereocenters. The van der Waals surface area contributed by atoms with Crippen molar-refractivity contribution in [3.05, 3.63) is 30.1 Å². The molecule has 0 bridgehead atoms. The van der Waals surface area contributed by atoms with Crippen molar-refractivity contribution in [1.29, 1.82) is 0 Å². The van der Waals surface area contributed by atoms with Gasteiger partial charge in [-0.1, -0.05) is 12.1 Å². The summed E-state index contributed by atoms with van der Waals surface area (Å²) in [4.78, 5) is 29.3. The van der Waals surface area contributed by atoms with Gasteiger partial charge in [-0.25, -0.2) is 9.48 Å². The van der Waals surface area contributed by atoms with Crippen LogP contribution in [0.3, 0.4) is 0 Å². The fourth-order valence-electron chi connectivity index (χ4n) is 4.21. The van der Waals surface area contributed by atoms with E-state index in [2.05, 4.69) is 15.6 Å². The summed E-state index contributed by atoms with van der Waals surface area (Å²) < 4.78 is 18.6. The molecule has 0 spiro atoms. The molecule has 0 aliphatic carbocycles. The fourth-order valence-corrected chi connectivity index (χ4v) is 4.21. The number of amides is 3. The Morgan fingerprint density at radius 3 is 2.84 bits per heavy atom. The third-order valence-electron chi connectivity index (χ3n) is 6.59. The standard InChI is InChI=1S/C25H38N6O6/c1-17-13-30(18(2)15-32)24(33)7-6-10-31-19(12-26-28-31)16-37-23(17)14-29(3)25(34)27-21-9-8-20(35-4)11-22(21)36-5/h8-9,11-12,17-18,23,32H,6-7,10,13-16H2,1-5H3,(H,27,34)/t17-,18+,23-/m1/s1. The number of methoxy groups -OCH3 is 2. The molecule has 3 amide bonds. The molecule has 1 aliphatic heterocycles. The molecular formula is C25H38N6O6. The van der Waals surface area contributed by atoms with E-state index in [4.69, 9.17) is 14.2 Å². The van der Waals surface area contributed by atoms with Gasteiger partial charge < -0.3 is 34.4 Å². The van der Waals surface area contributed by atoms with E-state index < -0.39 is 6.10 Å². The number of carbonyl (C=O) groups is 2. The number of urea groups is 1. The maximum absolute atomic E-state index is 13.1. The first-order valence-corrected chi connectivity index (χ1v) is 12.4. The van der Waals surface area contributed by atoms with Gasteiger partial charge in [0.05, 0.1) is 57.2 Å². The summed E-state index contributed by atoms with van der Waals surface area (Å²) in [5, 5.41) is 20.7. The first-order valence-electron chi connectivity index (χ1n) is 12.4. The van der Waals surface area contributed by atoms with E-state index in [1.165, 1.54) is 12.0 Å². The predicted molar refractivity (Wildman–Crippen MR) is 136 cm³/mol. The average molecular weight is 519 g/mol. The highest BCUT2D eigenvalue weighted by atomic mass is 16.5.